The third kappa shape index (κ3) is 3.16. The number of ether oxygens (including phenoxy) is 2. The molecule has 21 heavy (non-hydrogen) atoms. The largest absolute Gasteiger partial charge is 0.465 e. The van der Waals surface area contributed by atoms with E-state index >= 15 is 0 Å². The Hall–Kier alpha value is -2.90. The lowest BCUT2D eigenvalue weighted by Crippen LogP contribution is -2.08. The summed E-state index contributed by atoms with van der Waals surface area (Å²) < 4.78 is 10.6. The highest BCUT2D eigenvalue weighted by Crippen LogP contribution is 2.11. The quantitative estimate of drug-likeness (QED) is 0.815. The number of nitrogens with zero attached hydrogens (tertiary/aromatic N) is 3. The molecule has 2 rings (SSSR count). The normalized spacial score (nSPS) is 10.2. The molecule has 0 bridgehead atoms. The Kier molecular flexibility index (Phi) is 4.17. The number of rotatable bonds is 4. The molecule has 0 aliphatic heterocycles. The van der Waals surface area contributed by atoms with Gasteiger partial charge in [0.25, 0.3) is 0 Å². The first-order valence-electron chi connectivity index (χ1n) is 5.99. The van der Waals surface area contributed by atoms with Crippen LogP contribution in [0.4, 0.5) is 5.69 Å². The van der Waals surface area contributed by atoms with Crippen LogP contribution in [0.3, 0.4) is 0 Å². The third-order valence-corrected chi connectivity index (χ3v) is 2.74. The number of anilines is 1. The van der Waals surface area contributed by atoms with Crippen molar-refractivity contribution in [1.82, 2.24) is 14.8 Å². The Morgan fingerprint density at radius 2 is 1.95 bits per heavy atom. The maximum atomic E-state index is 11.4. The van der Waals surface area contributed by atoms with Crippen LogP contribution in [0.2, 0.25) is 0 Å². The van der Waals surface area contributed by atoms with Crippen molar-refractivity contribution in [3.63, 3.8) is 0 Å². The maximum absolute atomic E-state index is 11.4. The highest BCUT2D eigenvalue weighted by atomic mass is 16.5. The summed E-state index contributed by atoms with van der Waals surface area (Å²) in [5, 5.41) is 4.04. The predicted molar refractivity (Wildman–Crippen MR) is 72.7 cm³/mol. The number of nitrogens with two attached hydrogens (primary N) is 1. The molecule has 2 aromatic rings. The number of carbonyl (C=O) groups excluding carboxylic acids is 2. The SMILES string of the molecule is COC(=O)c1ccc(Cn2cc(N)c(C(=O)OC)n2)nc1. The fraction of sp³-hybridized carbons (Fsp3) is 0.231. The van der Waals surface area contributed by atoms with Crippen LogP contribution < -0.4 is 5.73 Å². The Bertz CT molecular complexity index is 663. The van der Waals surface area contributed by atoms with Crippen molar-refractivity contribution in [2.45, 2.75) is 6.54 Å². The molecule has 0 aliphatic rings. The van der Waals surface area contributed by atoms with Crippen LogP contribution in [0.5, 0.6) is 0 Å². The summed E-state index contributed by atoms with van der Waals surface area (Å²) in [5.41, 5.74) is 6.99. The number of hydrogen-bond donors (Lipinski definition) is 1. The summed E-state index contributed by atoms with van der Waals surface area (Å²) in [6.07, 6.45) is 2.93. The Morgan fingerprint density at radius 3 is 2.52 bits per heavy atom. The molecule has 0 unspecified atom stereocenters. The molecular weight excluding hydrogens is 276 g/mol. The van der Waals surface area contributed by atoms with E-state index in [1.165, 1.54) is 31.3 Å². The molecule has 8 heteroatoms. The molecule has 0 spiro atoms. The Labute approximate surface area is 120 Å². The lowest BCUT2D eigenvalue weighted by molar-refractivity contribution is 0.0587. The predicted octanol–water partition coefficient (Wildman–Crippen LogP) is 0.482. The van der Waals surface area contributed by atoms with Crippen molar-refractivity contribution in [3.05, 3.63) is 41.5 Å². The fourth-order valence-corrected chi connectivity index (χ4v) is 1.70. The van der Waals surface area contributed by atoms with Gasteiger partial charge in [-0.3, -0.25) is 9.67 Å². The van der Waals surface area contributed by atoms with Gasteiger partial charge < -0.3 is 15.2 Å². The van der Waals surface area contributed by atoms with Crippen molar-refractivity contribution in [2.75, 3.05) is 20.0 Å². The smallest absolute Gasteiger partial charge is 0.360 e. The molecular formula is C13H14N4O4. The van der Waals surface area contributed by atoms with Gasteiger partial charge in [0.2, 0.25) is 0 Å². The van der Waals surface area contributed by atoms with E-state index in [1.54, 1.807) is 12.1 Å². The van der Waals surface area contributed by atoms with Gasteiger partial charge in [-0.25, -0.2) is 9.59 Å². The second-order valence-electron chi connectivity index (χ2n) is 4.15. The van der Waals surface area contributed by atoms with Crippen LogP contribution in [-0.4, -0.2) is 40.9 Å². The van der Waals surface area contributed by atoms with E-state index in [0.29, 0.717) is 17.8 Å². The van der Waals surface area contributed by atoms with Crippen molar-refractivity contribution >= 4 is 17.6 Å². The molecule has 0 saturated heterocycles. The summed E-state index contributed by atoms with van der Waals surface area (Å²) in [4.78, 5) is 26.8. The minimum Gasteiger partial charge on any atom is -0.465 e. The van der Waals surface area contributed by atoms with Crippen molar-refractivity contribution in [2.24, 2.45) is 0 Å². The third-order valence-electron chi connectivity index (χ3n) is 2.74. The van der Waals surface area contributed by atoms with E-state index in [2.05, 4.69) is 19.6 Å². The molecule has 2 heterocycles. The Balaban J connectivity index is 2.15. The van der Waals surface area contributed by atoms with E-state index in [1.807, 2.05) is 0 Å². The maximum Gasteiger partial charge on any atom is 0.360 e. The number of nitrogen functional groups attached to an aromatic ring is 1. The number of pyridine rings is 1. The van der Waals surface area contributed by atoms with Gasteiger partial charge in [-0.1, -0.05) is 0 Å². The minimum atomic E-state index is -0.597. The lowest BCUT2D eigenvalue weighted by Gasteiger charge is -2.02. The molecule has 110 valence electrons. The van der Waals surface area contributed by atoms with Gasteiger partial charge in [0.05, 0.1) is 37.7 Å². The molecule has 0 amide bonds. The minimum absolute atomic E-state index is 0.0590. The van der Waals surface area contributed by atoms with E-state index in [0.717, 1.165) is 0 Å². The number of hydrogen-bond acceptors (Lipinski definition) is 7. The summed E-state index contributed by atoms with van der Waals surface area (Å²) in [6, 6.07) is 3.27. The van der Waals surface area contributed by atoms with Crippen LogP contribution in [-0.2, 0) is 16.0 Å². The molecule has 0 saturated carbocycles. The van der Waals surface area contributed by atoms with E-state index in [-0.39, 0.29) is 11.4 Å². The molecule has 0 radical (unpaired) electrons. The molecule has 0 atom stereocenters. The van der Waals surface area contributed by atoms with E-state index in [4.69, 9.17) is 5.73 Å². The molecule has 8 nitrogen and oxygen atoms in total. The highest BCUT2D eigenvalue weighted by molar-refractivity contribution is 5.92. The highest BCUT2D eigenvalue weighted by Gasteiger charge is 2.15. The number of methoxy groups -OCH3 is 2. The first-order chi connectivity index (χ1) is 10.0. The lowest BCUT2D eigenvalue weighted by atomic mass is 10.2. The van der Waals surface area contributed by atoms with Crippen LogP contribution in [0.25, 0.3) is 0 Å². The second kappa shape index (κ2) is 6.04. The van der Waals surface area contributed by atoms with Gasteiger partial charge in [-0.15, -0.1) is 0 Å². The van der Waals surface area contributed by atoms with E-state index in [9.17, 15) is 9.59 Å². The number of carbonyl (C=O) groups is 2. The van der Waals surface area contributed by atoms with E-state index < -0.39 is 11.9 Å². The first-order valence-corrected chi connectivity index (χ1v) is 5.99. The molecule has 0 aromatic carbocycles. The summed E-state index contributed by atoms with van der Waals surface area (Å²) in [5.74, 6) is -1.05. The average molecular weight is 290 g/mol. The van der Waals surface area contributed by atoms with Gasteiger partial charge in [0.15, 0.2) is 5.69 Å². The van der Waals surface area contributed by atoms with Crippen molar-refractivity contribution in [3.8, 4) is 0 Å². The van der Waals surface area contributed by atoms with Gasteiger partial charge in [-0.05, 0) is 12.1 Å². The summed E-state index contributed by atoms with van der Waals surface area (Å²) >= 11 is 0. The van der Waals surface area contributed by atoms with Gasteiger partial charge in [-0.2, -0.15) is 5.10 Å². The molecule has 2 N–H and O–H groups in total. The monoisotopic (exact) mass is 290 g/mol. The van der Waals surface area contributed by atoms with Gasteiger partial charge >= 0.3 is 11.9 Å². The van der Waals surface area contributed by atoms with Gasteiger partial charge in [0.1, 0.15) is 0 Å². The zero-order chi connectivity index (χ0) is 15.4. The molecule has 0 aliphatic carbocycles. The molecule has 2 aromatic heterocycles. The topological polar surface area (TPSA) is 109 Å². The van der Waals surface area contributed by atoms with Crippen LogP contribution in [0, 0.1) is 0 Å². The van der Waals surface area contributed by atoms with Crippen molar-refractivity contribution < 1.29 is 19.1 Å². The zero-order valence-electron chi connectivity index (χ0n) is 11.6. The van der Waals surface area contributed by atoms with Crippen LogP contribution in [0.15, 0.2) is 24.5 Å². The average Bonchev–Trinajstić information content (AvgIpc) is 2.87. The number of aromatic nitrogens is 3. The fourth-order valence-electron chi connectivity index (χ4n) is 1.70. The summed E-state index contributed by atoms with van der Waals surface area (Å²) in [6.45, 7) is 0.308. The molecule has 0 fully saturated rings. The zero-order valence-corrected chi connectivity index (χ0v) is 11.6. The van der Waals surface area contributed by atoms with Gasteiger partial charge in [0, 0.05) is 12.4 Å². The van der Waals surface area contributed by atoms with Crippen LogP contribution >= 0.6 is 0 Å². The first kappa shape index (κ1) is 14.5. The second-order valence-corrected chi connectivity index (χ2v) is 4.15. The van der Waals surface area contributed by atoms with Crippen LogP contribution in [0.1, 0.15) is 26.5 Å². The Morgan fingerprint density at radius 1 is 1.24 bits per heavy atom. The standard InChI is InChI=1S/C13H14N4O4/c1-20-12(18)8-3-4-9(15-5-8)6-17-7-10(14)11(16-17)13(19)21-2/h3-5,7H,6,14H2,1-2H3. The number of esters is 2. The summed E-state index contributed by atoms with van der Waals surface area (Å²) in [7, 11) is 2.56. The van der Waals surface area contributed by atoms with Crippen molar-refractivity contribution in [1.29, 1.82) is 0 Å².